The molecule has 1 aromatic heterocycles. The number of fused-ring (bicyclic) bond motifs is 1. The second-order valence-corrected chi connectivity index (χ2v) is 6.87. The smallest absolute Gasteiger partial charge is 0.138 e. The summed E-state index contributed by atoms with van der Waals surface area (Å²) in [7, 11) is 0. The second-order valence-electron chi connectivity index (χ2n) is 6.87. The summed E-state index contributed by atoms with van der Waals surface area (Å²) < 4.78 is 2.23. The molecule has 1 fully saturated rings. The van der Waals surface area contributed by atoms with Crippen molar-refractivity contribution in [3.63, 3.8) is 0 Å². The van der Waals surface area contributed by atoms with Gasteiger partial charge in [-0.1, -0.05) is 12.1 Å². The van der Waals surface area contributed by atoms with Crippen molar-refractivity contribution in [3.05, 3.63) is 53.9 Å². The molecular weight excluding hydrogens is 312 g/mol. The van der Waals surface area contributed by atoms with Gasteiger partial charge in [-0.2, -0.15) is 0 Å². The Labute approximate surface area is 148 Å². The quantitative estimate of drug-likeness (QED) is 0.798. The van der Waals surface area contributed by atoms with Crippen LogP contribution in [0.1, 0.15) is 11.1 Å². The number of hydrogen-bond donors (Lipinski definition) is 1. The predicted molar refractivity (Wildman–Crippen MR) is 101 cm³/mol. The zero-order valence-electron chi connectivity index (χ0n) is 14.8. The van der Waals surface area contributed by atoms with Crippen molar-refractivity contribution in [2.24, 2.45) is 0 Å². The summed E-state index contributed by atoms with van der Waals surface area (Å²) in [5, 5.41) is 10.0. The topological polar surface area (TPSA) is 44.5 Å². The Balaban J connectivity index is 1.46. The van der Waals surface area contributed by atoms with Crippen molar-refractivity contribution in [3.8, 4) is 5.75 Å². The highest BCUT2D eigenvalue weighted by Gasteiger charge is 2.19. The van der Waals surface area contributed by atoms with Crippen molar-refractivity contribution in [1.29, 1.82) is 0 Å². The van der Waals surface area contributed by atoms with E-state index in [2.05, 4.69) is 45.3 Å². The lowest BCUT2D eigenvalue weighted by Gasteiger charge is -2.36. The summed E-state index contributed by atoms with van der Waals surface area (Å²) in [5.74, 6) is 0.363. The highest BCUT2D eigenvalue weighted by atomic mass is 16.3. The lowest BCUT2D eigenvalue weighted by Crippen LogP contribution is -2.46. The number of rotatable bonds is 3. The average Bonchev–Trinajstić information content (AvgIpc) is 2.98. The maximum atomic E-state index is 10.0. The van der Waals surface area contributed by atoms with E-state index < -0.39 is 0 Å². The van der Waals surface area contributed by atoms with Gasteiger partial charge in [-0.05, 0) is 49.2 Å². The van der Waals surface area contributed by atoms with Crippen molar-refractivity contribution in [1.82, 2.24) is 14.5 Å². The van der Waals surface area contributed by atoms with Crippen LogP contribution < -0.4 is 4.90 Å². The van der Waals surface area contributed by atoms with Gasteiger partial charge in [0.2, 0.25) is 0 Å². The molecule has 0 amide bonds. The van der Waals surface area contributed by atoms with Crippen molar-refractivity contribution in [2.75, 3.05) is 31.1 Å². The molecule has 5 nitrogen and oxygen atoms in total. The fraction of sp³-hybridized carbons (Fsp3) is 0.350. The highest BCUT2D eigenvalue weighted by molar-refractivity contribution is 5.77. The van der Waals surface area contributed by atoms with Crippen LogP contribution in [-0.2, 0) is 6.67 Å². The molecule has 0 spiro atoms. The van der Waals surface area contributed by atoms with E-state index in [-0.39, 0.29) is 0 Å². The summed E-state index contributed by atoms with van der Waals surface area (Å²) >= 11 is 0. The van der Waals surface area contributed by atoms with E-state index in [1.54, 1.807) is 6.07 Å². The number of aromatic nitrogens is 2. The standard InChI is InChI=1S/C20H24N4O/c1-15-11-17-19(12-16(15)2)24(13-21-17)14-22-7-9-23(10-8-22)18-5-3-4-6-20(18)25/h3-6,11-13,25H,7-10,14H2,1-2H3. The Hall–Kier alpha value is -2.53. The van der Waals surface area contributed by atoms with Gasteiger partial charge in [0, 0.05) is 26.2 Å². The number of benzene rings is 2. The molecule has 3 aromatic rings. The first-order valence-electron chi connectivity index (χ1n) is 8.79. The van der Waals surface area contributed by atoms with Crippen molar-refractivity contribution < 1.29 is 5.11 Å². The SMILES string of the molecule is Cc1cc2ncn(CN3CCN(c4ccccc4O)CC3)c2cc1C. The molecule has 1 aliphatic heterocycles. The van der Waals surface area contributed by atoms with E-state index in [0.29, 0.717) is 5.75 Å². The lowest BCUT2D eigenvalue weighted by atomic mass is 10.1. The molecule has 0 unspecified atom stereocenters. The number of aromatic hydroxyl groups is 1. The molecule has 1 aliphatic rings. The van der Waals surface area contributed by atoms with Crippen LogP contribution in [0.5, 0.6) is 5.75 Å². The van der Waals surface area contributed by atoms with Crippen LogP contribution in [0.2, 0.25) is 0 Å². The third-order valence-electron chi connectivity index (χ3n) is 5.18. The molecule has 0 aliphatic carbocycles. The summed E-state index contributed by atoms with van der Waals surface area (Å²) in [5.41, 5.74) is 5.79. The van der Waals surface area contributed by atoms with Gasteiger partial charge in [-0.3, -0.25) is 4.90 Å². The number of nitrogens with zero attached hydrogens (tertiary/aromatic N) is 4. The fourth-order valence-corrected chi connectivity index (χ4v) is 3.50. The van der Waals surface area contributed by atoms with Gasteiger partial charge in [-0.15, -0.1) is 0 Å². The van der Waals surface area contributed by atoms with Crippen LogP contribution in [0.15, 0.2) is 42.7 Å². The van der Waals surface area contributed by atoms with Gasteiger partial charge < -0.3 is 14.6 Å². The summed E-state index contributed by atoms with van der Waals surface area (Å²) in [6.45, 7) is 8.92. The highest BCUT2D eigenvalue weighted by Crippen LogP contribution is 2.27. The number of anilines is 1. The summed E-state index contributed by atoms with van der Waals surface area (Å²) in [6, 6.07) is 12.0. The molecule has 0 atom stereocenters. The predicted octanol–water partition coefficient (Wildman–Crippen LogP) is 3.14. The Morgan fingerprint density at radius 3 is 2.48 bits per heavy atom. The maximum absolute atomic E-state index is 10.0. The van der Waals surface area contributed by atoms with Gasteiger partial charge in [0.15, 0.2) is 0 Å². The minimum atomic E-state index is 0.363. The minimum absolute atomic E-state index is 0.363. The zero-order chi connectivity index (χ0) is 17.4. The molecule has 2 heterocycles. The number of para-hydroxylation sites is 2. The third kappa shape index (κ3) is 3.07. The van der Waals surface area contributed by atoms with Crippen LogP contribution >= 0.6 is 0 Å². The largest absolute Gasteiger partial charge is 0.506 e. The van der Waals surface area contributed by atoms with Crippen molar-refractivity contribution in [2.45, 2.75) is 20.5 Å². The fourth-order valence-electron chi connectivity index (χ4n) is 3.50. The van der Waals surface area contributed by atoms with Crippen LogP contribution in [-0.4, -0.2) is 45.7 Å². The number of piperazine rings is 1. The first kappa shape index (κ1) is 16.0. The number of phenols is 1. The zero-order valence-corrected chi connectivity index (χ0v) is 14.8. The lowest BCUT2D eigenvalue weighted by molar-refractivity contribution is 0.208. The average molecular weight is 336 g/mol. The number of phenolic OH excluding ortho intramolecular Hbond substituents is 1. The molecular formula is C20H24N4O. The van der Waals surface area contributed by atoms with Gasteiger partial charge in [0.25, 0.3) is 0 Å². The molecule has 25 heavy (non-hydrogen) atoms. The third-order valence-corrected chi connectivity index (χ3v) is 5.18. The van der Waals surface area contributed by atoms with Gasteiger partial charge >= 0.3 is 0 Å². The Kier molecular flexibility index (Phi) is 4.09. The normalized spacial score (nSPS) is 15.8. The minimum Gasteiger partial charge on any atom is -0.506 e. The van der Waals surface area contributed by atoms with E-state index in [1.165, 1.54) is 16.6 Å². The van der Waals surface area contributed by atoms with E-state index >= 15 is 0 Å². The number of imidazole rings is 1. The molecule has 1 saturated heterocycles. The van der Waals surface area contributed by atoms with Crippen LogP contribution in [0.4, 0.5) is 5.69 Å². The first-order chi connectivity index (χ1) is 12.1. The molecule has 130 valence electrons. The van der Waals surface area contributed by atoms with E-state index in [1.807, 2.05) is 24.5 Å². The Bertz CT molecular complexity index is 894. The van der Waals surface area contributed by atoms with E-state index in [0.717, 1.165) is 44.1 Å². The van der Waals surface area contributed by atoms with E-state index in [4.69, 9.17) is 0 Å². The monoisotopic (exact) mass is 336 g/mol. The maximum Gasteiger partial charge on any atom is 0.138 e. The van der Waals surface area contributed by atoms with Crippen LogP contribution in [0.3, 0.4) is 0 Å². The molecule has 0 saturated carbocycles. The molecule has 0 radical (unpaired) electrons. The molecule has 0 bridgehead atoms. The summed E-state index contributed by atoms with van der Waals surface area (Å²) in [6.07, 6.45) is 1.94. The first-order valence-corrected chi connectivity index (χ1v) is 8.79. The molecule has 2 aromatic carbocycles. The van der Waals surface area contributed by atoms with Crippen LogP contribution in [0.25, 0.3) is 11.0 Å². The molecule has 4 rings (SSSR count). The van der Waals surface area contributed by atoms with Crippen LogP contribution in [0, 0.1) is 13.8 Å². The molecule has 1 N–H and O–H groups in total. The second kappa shape index (κ2) is 6.41. The molecule has 5 heteroatoms. The summed E-state index contributed by atoms with van der Waals surface area (Å²) in [4.78, 5) is 9.25. The van der Waals surface area contributed by atoms with Gasteiger partial charge in [0.1, 0.15) is 5.75 Å². The Morgan fingerprint density at radius 2 is 1.72 bits per heavy atom. The number of aryl methyl sites for hydroxylation is 2. The van der Waals surface area contributed by atoms with Crippen molar-refractivity contribution >= 4 is 16.7 Å². The number of hydrogen-bond acceptors (Lipinski definition) is 4. The van der Waals surface area contributed by atoms with Gasteiger partial charge in [-0.25, -0.2) is 4.98 Å². The van der Waals surface area contributed by atoms with Gasteiger partial charge in [0.05, 0.1) is 29.7 Å². The van der Waals surface area contributed by atoms with E-state index in [9.17, 15) is 5.11 Å². The Morgan fingerprint density at radius 1 is 1.00 bits per heavy atom.